The quantitative estimate of drug-likeness (QED) is 0.811. The number of nitrogens with one attached hydrogen (secondary N) is 1. The molecule has 3 heterocycles. The first-order valence-electron chi connectivity index (χ1n) is 8.95. The molecule has 2 atom stereocenters. The van der Waals surface area contributed by atoms with E-state index in [0.29, 0.717) is 36.9 Å². The normalized spacial score (nSPS) is 25.5. The first-order valence-corrected chi connectivity index (χ1v) is 8.95. The van der Waals surface area contributed by atoms with Crippen molar-refractivity contribution in [2.45, 2.75) is 57.5 Å². The SMILES string of the molecule is CCOC(=O)N1C2CCC1CC(CCCNC(=O)c1ccco1)C2. The van der Waals surface area contributed by atoms with Gasteiger partial charge in [-0.3, -0.25) is 4.79 Å². The summed E-state index contributed by atoms with van der Waals surface area (Å²) < 4.78 is 10.3. The second kappa shape index (κ2) is 7.73. The number of fused-ring (bicyclic) bond motifs is 2. The molecule has 0 spiro atoms. The highest BCUT2D eigenvalue weighted by Crippen LogP contribution is 2.40. The maximum absolute atomic E-state index is 12.1. The van der Waals surface area contributed by atoms with Crippen LogP contribution in [0.15, 0.2) is 22.8 Å². The third kappa shape index (κ3) is 3.74. The summed E-state index contributed by atoms with van der Waals surface area (Å²) in [5.74, 6) is 0.835. The van der Waals surface area contributed by atoms with Crippen molar-refractivity contribution >= 4 is 12.0 Å². The standard InChI is InChI=1S/C18H26N2O4/c1-2-23-18(22)20-14-7-8-15(20)12-13(11-14)5-3-9-19-17(21)16-6-4-10-24-16/h4,6,10,13-15H,2-3,5,7-9,11-12H2,1H3,(H,19,21). The van der Waals surface area contributed by atoms with Gasteiger partial charge < -0.3 is 19.4 Å². The maximum Gasteiger partial charge on any atom is 0.410 e. The fourth-order valence-electron chi connectivity index (χ4n) is 4.11. The summed E-state index contributed by atoms with van der Waals surface area (Å²) in [4.78, 5) is 25.8. The number of carbonyl (C=O) groups is 2. The minimum Gasteiger partial charge on any atom is -0.459 e. The molecule has 0 aromatic carbocycles. The van der Waals surface area contributed by atoms with Crippen molar-refractivity contribution in [1.29, 1.82) is 0 Å². The number of hydrogen-bond acceptors (Lipinski definition) is 4. The van der Waals surface area contributed by atoms with Gasteiger partial charge in [-0.25, -0.2) is 4.79 Å². The molecule has 1 aromatic heterocycles. The summed E-state index contributed by atoms with van der Waals surface area (Å²) in [7, 11) is 0. The van der Waals surface area contributed by atoms with Crippen LogP contribution in [0.5, 0.6) is 0 Å². The fourth-order valence-corrected chi connectivity index (χ4v) is 4.11. The lowest BCUT2D eigenvalue weighted by atomic mass is 9.87. The molecule has 2 fully saturated rings. The molecule has 1 N–H and O–H groups in total. The van der Waals surface area contributed by atoms with Gasteiger partial charge in [0.15, 0.2) is 5.76 Å². The van der Waals surface area contributed by atoms with E-state index in [4.69, 9.17) is 9.15 Å². The van der Waals surface area contributed by atoms with Crippen LogP contribution in [0.2, 0.25) is 0 Å². The van der Waals surface area contributed by atoms with Gasteiger partial charge in [0.1, 0.15) is 0 Å². The molecule has 2 saturated heterocycles. The molecule has 2 unspecified atom stereocenters. The highest BCUT2D eigenvalue weighted by molar-refractivity contribution is 5.91. The van der Waals surface area contributed by atoms with E-state index in [1.54, 1.807) is 12.1 Å². The molecular weight excluding hydrogens is 308 g/mol. The van der Waals surface area contributed by atoms with Crippen molar-refractivity contribution in [2.75, 3.05) is 13.2 Å². The molecule has 6 nitrogen and oxygen atoms in total. The zero-order chi connectivity index (χ0) is 16.9. The Morgan fingerprint density at radius 1 is 1.33 bits per heavy atom. The summed E-state index contributed by atoms with van der Waals surface area (Å²) in [6, 6.07) is 4.05. The van der Waals surface area contributed by atoms with E-state index >= 15 is 0 Å². The Morgan fingerprint density at radius 2 is 2.08 bits per heavy atom. The Bertz CT molecular complexity index is 543. The number of rotatable bonds is 6. The van der Waals surface area contributed by atoms with Gasteiger partial charge in [0.2, 0.25) is 0 Å². The smallest absolute Gasteiger partial charge is 0.410 e. The molecule has 2 bridgehead atoms. The van der Waals surface area contributed by atoms with Gasteiger partial charge in [-0.1, -0.05) is 0 Å². The van der Waals surface area contributed by atoms with Crippen LogP contribution in [0.25, 0.3) is 0 Å². The highest BCUT2D eigenvalue weighted by Gasteiger charge is 2.43. The molecule has 24 heavy (non-hydrogen) atoms. The van der Waals surface area contributed by atoms with Crippen molar-refractivity contribution in [1.82, 2.24) is 10.2 Å². The van der Waals surface area contributed by atoms with Crippen molar-refractivity contribution in [3.8, 4) is 0 Å². The average molecular weight is 334 g/mol. The minimum absolute atomic E-state index is 0.144. The van der Waals surface area contributed by atoms with Crippen LogP contribution in [0.3, 0.4) is 0 Å². The summed E-state index contributed by atoms with van der Waals surface area (Å²) in [5, 5.41) is 2.89. The Kier molecular flexibility index (Phi) is 5.43. The van der Waals surface area contributed by atoms with Crippen LogP contribution >= 0.6 is 0 Å². The lowest BCUT2D eigenvalue weighted by Gasteiger charge is -2.38. The second-order valence-electron chi connectivity index (χ2n) is 6.70. The van der Waals surface area contributed by atoms with Crippen molar-refractivity contribution in [2.24, 2.45) is 5.92 Å². The molecule has 2 amide bonds. The van der Waals surface area contributed by atoms with Gasteiger partial charge in [-0.15, -0.1) is 0 Å². The summed E-state index contributed by atoms with van der Waals surface area (Å²) >= 11 is 0. The monoisotopic (exact) mass is 334 g/mol. The maximum atomic E-state index is 12.1. The van der Waals surface area contributed by atoms with E-state index in [-0.39, 0.29) is 12.0 Å². The van der Waals surface area contributed by atoms with Crippen LogP contribution in [0.4, 0.5) is 4.79 Å². The van der Waals surface area contributed by atoms with Crippen LogP contribution in [-0.2, 0) is 4.74 Å². The van der Waals surface area contributed by atoms with Gasteiger partial charge in [0.25, 0.3) is 5.91 Å². The lowest BCUT2D eigenvalue weighted by molar-refractivity contribution is 0.0587. The fraction of sp³-hybridized carbons (Fsp3) is 0.667. The highest BCUT2D eigenvalue weighted by atomic mass is 16.6. The Hall–Kier alpha value is -1.98. The van der Waals surface area contributed by atoms with Crippen molar-refractivity contribution in [3.05, 3.63) is 24.2 Å². The number of hydrogen-bond donors (Lipinski definition) is 1. The second-order valence-corrected chi connectivity index (χ2v) is 6.70. The zero-order valence-electron chi connectivity index (χ0n) is 14.2. The summed E-state index contributed by atoms with van der Waals surface area (Å²) in [5.41, 5.74) is 0. The third-order valence-electron chi connectivity index (χ3n) is 5.13. The first kappa shape index (κ1) is 16.9. The van der Waals surface area contributed by atoms with Gasteiger partial charge in [0, 0.05) is 18.6 Å². The van der Waals surface area contributed by atoms with Gasteiger partial charge in [0.05, 0.1) is 12.9 Å². The van der Waals surface area contributed by atoms with Crippen LogP contribution in [0.1, 0.15) is 56.0 Å². The number of carbonyl (C=O) groups excluding carboxylic acids is 2. The largest absolute Gasteiger partial charge is 0.459 e. The number of ether oxygens (including phenoxy) is 1. The van der Waals surface area contributed by atoms with E-state index in [1.165, 1.54) is 6.26 Å². The molecule has 0 saturated carbocycles. The predicted octanol–water partition coefficient (Wildman–Crippen LogP) is 3.19. The minimum atomic E-state index is -0.155. The zero-order valence-corrected chi connectivity index (χ0v) is 14.2. The van der Waals surface area contributed by atoms with E-state index in [1.807, 2.05) is 11.8 Å². The number of furan rings is 1. The van der Waals surface area contributed by atoms with E-state index in [0.717, 1.165) is 38.5 Å². The number of piperidine rings is 1. The van der Waals surface area contributed by atoms with Crippen molar-refractivity contribution < 1.29 is 18.7 Å². The topological polar surface area (TPSA) is 71.8 Å². The Balaban J connectivity index is 1.39. The average Bonchev–Trinajstić information content (AvgIpc) is 3.19. The molecular formula is C18H26N2O4. The van der Waals surface area contributed by atoms with Crippen LogP contribution in [-0.4, -0.2) is 42.1 Å². The number of amides is 2. The molecule has 6 heteroatoms. The summed E-state index contributed by atoms with van der Waals surface area (Å²) in [6.45, 7) is 2.95. The number of nitrogens with zero attached hydrogens (tertiary/aromatic N) is 1. The van der Waals surface area contributed by atoms with Crippen LogP contribution < -0.4 is 5.32 Å². The molecule has 0 radical (unpaired) electrons. The predicted molar refractivity (Wildman–Crippen MR) is 88.7 cm³/mol. The van der Waals surface area contributed by atoms with E-state index < -0.39 is 0 Å². The van der Waals surface area contributed by atoms with E-state index in [9.17, 15) is 9.59 Å². The molecule has 2 aliphatic rings. The van der Waals surface area contributed by atoms with Crippen molar-refractivity contribution in [3.63, 3.8) is 0 Å². The van der Waals surface area contributed by atoms with Gasteiger partial charge in [-0.05, 0) is 63.5 Å². The molecule has 2 aliphatic heterocycles. The van der Waals surface area contributed by atoms with Crippen LogP contribution in [0, 0.1) is 5.92 Å². The molecule has 3 rings (SSSR count). The van der Waals surface area contributed by atoms with Gasteiger partial charge in [-0.2, -0.15) is 0 Å². The molecule has 1 aromatic rings. The first-order chi connectivity index (χ1) is 11.7. The lowest BCUT2D eigenvalue weighted by Crippen LogP contribution is -2.46. The van der Waals surface area contributed by atoms with Gasteiger partial charge >= 0.3 is 6.09 Å². The third-order valence-corrected chi connectivity index (χ3v) is 5.13. The van der Waals surface area contributed by atoms with E-state index in [2.05, 4.69) is 5.32 Å². The molecule has 132 valence electrons. The summed E-state index contributed by atoms with van der Waals surface area (Å²) in [6.07, 6.45) is 7.70. The molecule has 0 aliphatic carbocycles. The Labute approximate surface area is 142 Å². The Morgan fingerprint density at radius 3 is 2.71 bits per heavy atom.